The Labute approximate surface area is 240 Å². The molecule has 41 heavy (non-hydrogen) atoms. The molecule has 5 aromatic rings. The van der Waals surface area contributed by atoms with Crippen molar-refractivity contribution in [2.75, 3.05) is 24.7 Å². The summed E-state index contributed by atoms with van der Waals surface area (Å²) in [5, 5.41) is 10.3. The maximum absolute atomic E-state index is 12.7. The minimum atomic E-state index is -3.58. The maximum atomic E-state index is 12.7. The van der Waals surface area contributed by atoms with E-state index in [0.29, 0.717) is 45.6 Å². The monoisotopic (exact) mass is 596 g/mol. The predicted molar refractivity (Wildman–Crippen MR) is 158 cm³/mol. The number of sulfonamides is 1. The first-order valence-corrected chi connectivity index (χ1v) is 15.1. The molecule has 0 aliphatic heterocycles. The maximum Gasteiger partial charge on any atom is 0.512 e. The van der Waals surface area contributed by atoms with Gasteiger partial charge in [0, 0.05) is 11.1 Å². The topological polar surface area (TPSA) is 142 Å². The molecule has 0 saturated heterocycles. The Morgan fingerprint density at radius 2 is 1.78 bits per heavy atom. The minimum Gasteiger partial charge on any atom is -0.493 e. The van der Waals surface area contributed by atoms with E-state index in [4.69, 9.17) is 14.2 Å². The number of aromatic nitrogens is 3. The molecule has 0 aliphatic rings. The Bertz CT molecular complexity index is 1850. The summed E-state index contributed by atoms with van der Waals surface area (Å²) in [4.78, 5) is 12.0. The molecule has 2 aromatic heterocycles. The van der Waals surface area contributed by atoms with E-state index in [1.54, 1.807) is 41.0 Å². The van der Waals surface area contributed by atoms with Crippen LogP contribution < -0.4 is 18.9 Å². The van der Waals surface area contributed by atoms with Gasteiger partial charge in [0.15, 0.2) is 11.5 Å². The van der Waals surface area contributed by atoms with Crippen LogP contribution in [0.2, 0.25) is 0 Å². The van der Waals surface area contributed by atoms with Crippen LogP contribution in [0.4, 0.5) is 10.5 Å². The zero-order valence-electron chi connectivity index (χ0n) is 22.6. The third-order valence-electron chi connectivity index (χ3n) is 6.57. The number of ether oxygens (including phenoxy) is 3. The average Bonchev–Trinajstić information content (AvgIpc) is 3.53. The molecule has 3 aromatic carbocycles. The van der Waals surface area contributed by atoms with Crippen LogP contribution in [0, 0.1) is 0 Å². The molecule has 0 unspecified atom stereocenters. The second kappa shape index (κ2) is 11.6. The normalized spacial score (nSPS) is 11.6. The SMILES string of the molecule is CCCCS(=O)(=O)Nc1ccc2c(c1)c(-c1ccc(OC)c(OC)c1)c(OC(=O)O)n2Cc1ccc2nsnc2c1. The molecule has 13 heteroatoms. The van der Waals surface area contributed by atoms with Crippen molar-refractivity contribution in [3.63, 3.8) is 0 Å². The Hall–Kier alpha value is -4.36. The number of rotatable bonds is 11. The molecule has 0 saturated carbocycles. The standard InChI is InChI=1S/C28H28N4O7S2/c1-4-5-12-41(35,36)31-19-8-10-23-20(15-19)26(18-7-11-24(37-2)25(14-18)38-3)27(39-28(33)34)32(23)16-17-6-9-21-22(13-17)30-40-29-21/h6-11,13-15,31H,4-5,12,16H2,1-3H3,(H,33,34). The van der Waals surface area contributed by atoms with Crippen LogP contribution in [0.25, 0.3) is 33.1 Å². The van der Waals surface area contributed by atoms with Gasteiger partial charge in [0.2, 0.25) is 15.9 Å². The molecule has 0 amide bonds. The van der Waals surface area contributed by atoms with Crippen molar-refractivity contribution < 1.29 is 32.5 Å². The van der Waals surface area contributed by atoms with E-state index in [1.807, 2.05) is 25.1 Å². The zero-order chi connectivity index (χ0) is 29.1. The van der Waals surface area contributed by atoms with Gasteiger partial charge >= 0.3 is 6.16 Å². The summed E-state index contributed by atoms with van der Waals surface area (Å²) >= 11 is 1.11. The molecule has 0 bridgehead atoms. The minimum absolute atomic E-state index is 0.00753. The third kappa shape index (κ3) is 5.91. The van der Waals surface area contributed by atoms with E-state index in [2.05, 4.69) is 13.5 Å². The molecule has 2 heterocycles. The summed E-state index contributed by atoms with van der Waals surface area (Å²) in [7, 11) is -0.551. The second-order valence-corrected chi connectivity index (χ2v) is 11.7. The molecule has 0 radical (unpaired) electrons. The van der Waals surface area contributed by atoms with Crippen molar-refractivity contribution in [1.29, 1.82) is 0 Å². The van der Waals surface area contributed by atoms with Crippen LogP contribution in [0.15, 0.2) is 54.6 Å². The molecule has 11 nitrogen and oxygen atoms in total. The van der Waals surface area contributed by atoms with Crippen molar-refractivity contribution in [2.24, 2.45) is 0 Å². The highest BCUT2D eigenvalue weighted by molar-refractivity contribution is 7.92. The van der Waals surface area contributed by atoms with Crippen LogP contribution in [0.5, 0.6) is 17.4 Å². The number of hydrogen-bond donors (Lipinski definition) is 2. The number of nitrogens with one attached hydrogen (secondary N) is 1. The molecule has 0 spiro atoms. The number of hydrogen-bond acceptors (Lipinski definition) is 9. The van der Waals surface area contributed by atoms with Gasteiger partial charge in [-0.15, -0.1) is 0 Å². The Kier molecular flexibility index (Phi) is 7.99. The summed E-state index contributed by atoms with van der Waals surface area (Å²) in [6.07, 6.45) is -0.221. The number of carboxylic acid groups (broad SMARTS) is 1. The van der Waals surface area contributed by atoms with Gasteiger partial charge in [-0.05, 0) is 60.0 Å². The van der Waals surface area contributed by atoms with Crippen molar-refractivity contribution in [1.82, 2.24) is 13.3 Å². The lowest BCUT2D eigenvalue weighted by molar-refractivity contribution is 0.141. The van der Waals surface area contributed by atoms with Gasteiger partial charge in [0.25, 0.3) is 0 Å². The number of carbonyl (C=O) groups is 1. The number of methoxy groups -OCH3 is 2. The predicted octanol–water partition coefficient (Wildman–Crippen LogP) is 5.98. The van der Waals surface area contributed by atoms with Gasteiger partial charge in [-0.2, -0.15) is 8.75 Å². The lowest BCUT2D eigenvalue weighted by Crippen LogP contribution is -2.16. The van der Waals surface area contributed by atoms with Crippen LogP contribution in [0.1, 0.15) is 25.3 Å². The molecular formula is C28H28N4O7S2. The molecule has 2 N–H and O–H groups in total. The summed E-state index contributed by atoms with van der Waals surface area (Å²) in [5.74, 6) is 0.995. The van der Waals surface area contributed by atoms with E-state index in [-0.39, 0.29) is 18.2 Å². The van der Waals surface area contributed by atoms with Crippen LogP contribution in [0.3, 0.4) is 0 Å². The van der Waals surface area contributed by atoms with E-state index in [9.17, 15) is 18.3 Å². The molecule has 5 rings (SSSR count). The lowest BCUT2D eigenvalue weighted by Gasteiger charge is -2.12. The van der Waals surface area contributed by atoms with E-state index in [1.165, 1.54) is 14.2 Å². The smallest absolute Gasteiger partial charge is 0.493 e. The summed E-state index contributed by atoms with van der Waals surface area (Å²) in [6, 6.07) is 15.9. The van der Waals surface area contributed by atoms with Crippen LogP contribution in [-0.2, 0) is 16.6 Å². The molecule has 0 fully saturated rings. The summed E-state index contributed by atoms with van der Waals surface area (Å²) in [6.45, 7) is 2.17. The quantitative estimate of drug-likeness (QED) is 0.176. The first-order chi connectivity index (χ1) is 19.7. The Morgan fingerprint density at radius 1 is 1.00 bits per heavy atom. The van der Waals surface area contributed by atoms with E-state index < -0.39 is 16.2 Å². The summed E-state index contributed by atoms with van der Waals surface area (Å²) < 4.78 is 54.6. The largest absolute Gasteiger partial charge is 0.512 e. The van der Waals surface area contributed by atoms with Crippen molar-refractivity contribution in [3.05, 3.63) is 60.2 Å². The van der Waals surface area contributed by atoms with Gasteiger partial charge < -0.3 is 23.9 Å². The van der Waals surface area contributed by atoms with Crippen LogP contribution in [-0.4, -0.2) is 53.0 Å². The van der Waals surface area contributed by atoms with E-state index in [0.717, 1.165) is 34.7 Å². The Balaban J connectivity index is 1.73. The fraction of sp³-hybridized carbons (Fsp3) is 0.250. The number of nitrogens with zero attached hydrogens (tertiary/aromatic N) is 3. The Morgan fingerprint density at radius 3 is 2.51 bits per heavy atom. The number of unbranched alkanes of at least 4 members (excludes halogenated alkanes) is 1. The molecule has 0 atom stereocenters. The van der Waals surface area contributed by atoms with Gasteiger partial charge in [0.05, 0.1) is 49.3 Å². The second-order valence-electron chi connectivity index (χ2n) is 9.30. The molecule has 0 aliphatic carbocycles. The number of fused-ring (bicyclic) bond motifs is 2. The van der Waals surface area contributed by atoms with E-state index >= 15 is 0 Å². The first kappa shape index (κ1) is 28.2. The van der Waals surface area contributed by atoms with Gasteiger partial charge in [-0.1, -0.05) is 25.5 Å². The van der Waals surface area contributed by atoms with Crippen LogP contribution >= 0.6 is 11.7 Å². The summed E-state index contributed by atoms with van der Waals surface area (Å²) in [5.41, 5.74) is 4.38. The van der Waals surface area contributed by atoms with Gasteiger partial charge in [-0.3, -0.25) is 4.72 Å². The third-order valence-corrected chi connectivity index (χ3v) is 8.50. The van der Waals surface area contributed by atoms with Crippen molar-refractivity contribution >= 4 is 55.5 Å². The fourth-order valence-electron chi connectivity index (χ4n) is 4.68. The highest BCUT2D eigenvalue weighted by Gasteiger charge is 2.25. The lowest BCUT2D eigenvalue weighted by atomic mass is 10.0. The number of benzene rings is 3. The van der Waals surface area contributed by atoms with Crippen molar-refractivity contribution in [2.45, 2.75) is 26.3 Å². The highest BCUT2D eigenvalue weighted by Crippen LogP contribution is 2.44. The van der Waals surface area contributed by atoms with Crippen molar-refractivity contribution in [3.8, 4) is 28.5 Å². The van der Waals surface area contributed by atoms with Gasteiger partial charge in [0.1, 0.15) is 11.0 Å². The molecule has 214 valence electrons. The number of anilines is 1. The van der Waals surface area contributed by atoms with Gasteiger partial charge in [-0.25, -0.2) is 13.2 Å². The first-order valence-electron chi connectivity index (χ1n) is 12.7. The average molecular weight is 597 g/mol. The fourth-order valence-corrected chi connectivity index (χ4v) is 6.46. The molecular weight excluding hydrogens is 568 g/mol. The highest BCUT2D eigenvalue weighted by atomic mass is 32.2. The zero-order valence-corrected chi connectivity index (χ0v) is 24.2.